The first-order valence-electron chi connectivity index (χ1n) is 9.50. The number of anilines is 3. The van der Waals surface area contributed by atoms with Crippen molar-refractivity contribution < 1.29 is 14.4 Å². The summed E-state index contributed by atoms with van der Waals surface area (Å²) in [4.78, 5) is 38.7. The minimum absolute atomic E-state index is 0.159. The first kappa shape index (κ1) is 18.2. The summed E-state index contributed by atoms with van der Waals surface area (Å²) in [6.07, 6.45) is 1.91. The number of hydrogen-bond acceptors (Lipinski definition) is 3. The minimum Gasteiger partial charge on any atom is -0.318 e. The molecule has 0 saturated carbocycles. The molecule has 0 aromatic heterocycles. The van der Waals surface area contributed by atoms with Crippen molar-refractivity contribution in [1.82, 2.24) is 0 Å². The predicted molar refractivity (Wildman–Crippen MR) is 109 cm³/mol. The summed E-state index contributed by atoms with van der Waals surface area (Å²) in [5.74, 6) is -1.24. The van der Waals surface area contributed by atoms with Crippen molar-refractivity contribution in [2.75, 3.05) is 22.1 Å². The first-order chi connectivity index (χ1) is 13.3. The number of benzene rings is 2. The van der Waals surface area contributed by atoms with Crippen LogP contribution in [0.25, 0.3) is 0 Å². The van der Waals surface area contributed by atoms with E-state index in [2.05, 4.69) is 10.6 Å². The van der Waals surface area contributed by atoms with Crippen molar-refractivity contribution in [2.24, 2.45) is 0 Å². The van der Waals surface area contributed by atoms with Crippen LogP contribution in [0.3, 0.4) is 0 Å². The van der Waals surface area contributed by atoms with E-state index < -0.39 is 11.8 Å². The molecule has 2 aliphatic rings. The number of carbonyl (C=O) groups excluding carboxylic acids is 3. The Bertz CT molecular complexity index is 1000. The van der Waals surface area contributed by atoms with E-state index in [1.165, 1.54) is 0 Å². The number of nitrogens with zero attached hydrogens (tertiary/aromatic N) is 1. The fourth-order valence-electron chi connectivity index (χ4n) is 4.27. The third-order valence-corrected chi connectivity index (χ3v) is 5.43. The average Bonchev–Trinajstić information content (AvgIpc) is 3.06. The molecule has 28 heavy (non-hydrogen) atoms. The lowest BCUT2D eigenvalue weighted by molar-refractivity contribution is -0.133. The highest BCUT2D eigenvalue weighted by atomic mass is 16.2. The molecule has 2 N–H and O–H groups in total. The van der Waals surface area contributed by atoms with Crippen molar-refractivity contribution in [2.45, 2.75) is 40.0 Å². The molecule has 0 bridgehead atoms. The van der Waals surface area contributed by atoms with Gasteiger partial charge in [0, 0.05) is 24.3 Å². The average molecular weight is 377 g/mol. The van der Waals surface area contributed by atoms with E-state index in [9.17, 15) is 14.4 Å². The van der Waals surface area contributed by atoms with Crippen molar-refractivity contribution in [3.05, 3.63) is 52.1 Å². The van der Waals surface area contributed by atoms with Gasteiger partial charge in [-0.1, -0.05) is 17.7 Å². The van der Waals surface area contributed by atoms with Gasteiger partial charge in [-0.05, 0) is 68.0 Å². The molecule has 3 amide bonds. The lowest BCUT2D eigenvalue weighted by Crippen LogP contribution is -2.33. The zero-order valence-corrected chi connectivity index (χ0v) is 16.3. The Kier molecular flexibility index (Phi) is 4.41. The fourth-order valence-corrected chi connectivity index (χ4v) is 4.27. The second-order valence-corrected chi connectivity index (χ2v) is 7.62. The van der Waals surface area contributed by atoms with Gasteiger partial charge in [-0.25, -0.2) is 0 Å². The molecule has 0 radical (unpaired) electrons. The van der Waals surface area contributed by atoms with Crippen LogP contribution in [-0.4, -0.2) is 24.3 Å². The van der Waals surface area contributed by atoms with Crippen LogP contribution in [0.5, 0.6) is 0 Å². The van der Waals surface area contributed by atoms with Crippen molar-refractivity contribution in [3.8, 4) is 0 Å². The lowest BCUT2D eigenvalue weighted by atomic mass is 9.98. The van der Waals surface area contributed by atoms with Gasteiger partial charge in [-0.15, -0.1) is 0 Å². The van der Waals surface area contributed by atoms with Gasteiger partial charge in [0.2, 0.25) is 5.91 Å². The molecular weight excluding hydrogens is 354 g/mol. The Balaban J connectivity index is 1.52. The van der Waals surface area contributed by atoms with Gasteiger partial charge in [0.15, 0.2) is 0 Å². The lowest BCUT2D eigenvalue weighted by Gasteiger charge is -2.25. The molecule has 6 nitrogen and oxygen atoms in total. The van der Waals surface area contributed by atoms with E-state index in [-0.39, 0.29) is 5.91 Å². The van der Waals surface area contributed by atoms with Crippen LogP contribution in [0.15, 0.2) is 24.3 Å². The fraction of sp³-hybridized carbons (Fsp3) is 0.318. The summed E-state index contributed by atoms with van der Waals surface area (Å²) >= 11 is 0. The van der Waals surface area contributed by atoms with E-state index in [0.717, 1.165) is 39.9 Å². The Labute approximate surface area is 163 Å². The molecule has 2 aromatic rings. The highest BCUT2D eigenvalue weighted by molar-refractivity contribution is 6.43. The topological polar surface area (TPSA) is 78.5 Å². The molecule has 0 saturated heterocycles. The van der Waals surface area contributed by atoms with Gasteiger partial charge in [0.1, 0.15) is 0 Å². The molecule has 2 heterocycles. The van der Waals surface area contributed by atoms with Crippen LogP contribution in [0.2, 0.25) is 0 Å². The van der Waals surface area contributed by atoms with Crippen molar-refractivity contribution >= 4 is 34.8 Å². The van der Waals surface area contributed by atoms with Crippen molar-refractivity contribution in [3.63, 3.8) is 0 Å². The van der Waals surface area contributed by atoms with Crippen LogP contribution in [0, 0.1) is 20.8 Å². The Hall–Kier alpha value is -3.15. The van der Waals surface area contributed by atoms with E-state index in [1.807, 2.05) is 49.9 Å². The Morgan fingerprint density at radius 3 is 2.14 bits per heavy atom. The quantitative estimate of drug-likeness (QED) is 0.790. The predicted octanol–water partition coefficient (Wildman–Crippen LogP) is 3.02. The van der Waals surface area contributed by atoms with E-state index in [4.69, 9.17) is 0 Å². The van der Waals surface area contributed by atoms with Gasteiger partial charge in [-0.3, -0.25) is 14.4 Å². The third kappa shape index (κ3) is 3.15. The first-order valence-corrected chi connectivity index (χ1v) is 9.50. The van der Waals surface area contributed by atoms with E-state index >= 15 is 0 Å². The van der Waals surface area contributed by atoms with Crippen LogP contribution in [0.1, 0.15) is 34.2 Å². The Morgan fingerprint density at radius 1 is 0.857 bits per heavy atom. The number of amides is 3. The second-order valence-electron chi connectivity index (χ2n) is 7.62. The molecule has 2 aliphatic heterocycles. The van der Waals surface area contributed by atoms with Gasteiger partial charge < -0.3 is 15.5 Å². The molecule has 0 atom stereocenters. The zero-order chi connectivity index (χ0) is 20.0. The summed E-state index contributed by atoms with van der Waals surface area (Å²) in [5.41, 5.74) is 7.31. The SMILES string of the molecule is Cc1cc(C)c(NC(=O)C(=O)Nc2cc3c4c(c2)CCN4C(=O)CC3)c(C)c1. The molecule has 0 aliphatic carbocycles. The van der Waals surface area contributed by atoms with Gasteiger partial charge in [0.25, 0.3) is 0 Å². The normalized spacial score (nSPS) is 14.7. The number of hydrogen-bond donors (Lipinski definition) is 2. The Morgan fingerprint density at radius 2 is 1.46 bits per heavy atom. The third-order valence-electron chi connectivity index (χ3n) is 5.43. The van der Waals surface area contributed by atoms with E-state index in [1.54, 1.807) is 0 Å². The van der Waals surface area contributed by atoms with Crippen LogP contribution in [-0.2, 0) is 27.2 Å². The minimum atomic E-state index is -0.701. The highest BCUT2D eigenvalue weighted by Crippen LogP contribution is 2.38. The monoisotopic (exact) mass is 377 g/mol. The standard InChI is InChI=1S/C22H23N3O3/c1-12-8-13(2)19(14(3)9-12)24-22(28)21(27)23-17-10-15-4-5-18(26)25-7-6-16(11-17)20(15)25/h8-11H,4-7H2,1-3H3,(H,23,27)(H,24,28). The molecule has 144 valence electrons. The largest absolute Gasteiger partial charge is 0.318 e. The van der Waals surface area contributed by atoms with Crippen molar-refractivity contribution in [1.29, 1.82) is 0 Å². The summed E-state index contributed by atoms with van der Waals surface area (Å²) in [6.45, 7) is 6.50. The summed E-state index contributed by atoms with van der Waals surface area (Å²) in [5, 5.41) is 5.44. The van der Waals surface area contributed by atoms with Crippen LogP contribution >= 0.6 is 0 Å². The summed E-state index contributed by atoms with van der Waals surface area (Å²) < 4.78 is 0. The summed E-state index contributed by atoms with van der Waals surface area (Å²) in [6, 6.07) is 7.68. The zero-order valence-electron chi connectivity index (χ0n) is 16.3. The molecule has 0 spiro atoms. The maximum atomic E-state index is 12.4. The number of nitrogens with one attached hydrogen (secondary N) is 2. The molecule has 2 aromatic carbocycles. The van der Waals surface area contributed by atoms with Gasteiger partial charge >= 0.3 is 11.8 Å². The van der Waals surface area contributed by atoms with Crippen LogP contribution < -0.4 is 15.5 Å². The van der Waals surface area contributed by atoms with E-state index in [0.29, 0.717) is 30.8 Å². The molecular formula is C22H23N3O3. The highest BCUT2D eigenvalue weighted by Gasteiger charge is 2.31. The molecule has 0 unspecified atom stereocenters. The maximum absolute atomic E-state index is 12.4. The molecule has 4 rings (SSSR count). The second kappa shape index (κ2) is 6.78. The van der Waals surface area contributed by atoms with Gasteiger partial charge in [0.05, 0.1) is 5.69 Å². The molecule has 0 fully saturated rings. The maximum Gasteiger partial charge on any atom is 0.314 e. The number of carbonyl (C=O) groups is 3. The van der Waals surface area contributed by atoms with Gasteiger partial charge in [-0.2, -0.15) is 0 Å². The number of aryl methyl sites for hydroxylation is 4. The smallest absolute Gasteiger partial charge is 0.314 e. The summed E-state index contributed by atoms with van der Waals surface area (Å²) in [7, 11) is 0. The molecule has 6 heteroatoms. The number of rotatable bonds is 2. The van der Waals surface area contributed by atoms with Crippen LogP contribution in [0.4, 0.5) is 17.1 Å².